The molecule has 0 spiro atoms. The summed E-state index contributed by atoms with van der Waals surface area (Å²) in [6.45, 7) is 4.96. The number of methoxy groups -OCH3 is 1. The number of ether oxygens (including phenoxy) is 1. The van der Waals surface area contributed by atoms with E-state index in [1.807, 2.05) is 31.2 Å². The van der Waals surface area contributed by atoms with Gasteiger partial charge in [-0.3, -0.25) is 9.69 Å². The summed E-state index contributed by atoms with van der Waals surface area (Å²) in [5, 5.41) is 3.51. The molecule has 0 saturated carbocycles. The number of hydrogen-bond acceptors (Lipinski definition) is 6. The van der Waals surface area contributed by atoms with Gasteiger partial charge in [0.1, 0.15) is 17.4 Å². The lowest BCUT2D eigenvalue weighted by atomic mass is 10.0. The third kappa shape index (κ3) is 5.34. The number of anilines is 1. The summed E-state index contributed by atoms with van der Waals surface area (Å²) < 4.78 is 5.33. The van der Waals surface area contributed by atoms with Crippen molar-refractivity contribution in [1.29, 1.82) is 0 Å². The van der Waals surface area contributed by atoms with E-state index in [4.69, 9.17) is 4.74 Å². The number of aryl methyl sites for hydroxylation is 1. The number of likely N-dealkylation sites (tertiary alicyclic amines) is 1. The number of aromatic amines is 1. The standard InChI is InChI=1S/C25H31N5O2/c1-3-20-15-24(31)29-25(28-20)19-9-12-23(26-16-19)27-17-22(30-13-5-4-6-14-30)18-7-10-21(32-2)11-8-18/h7-12,15-16,22H,3-6,13-14,17H2,1-2H3,(H,26,27)(H,28,29,31). The molecule has 1 saturated heterocycles. The van der Waals surface area contributed by atoms with E-state index in [1.165, 1.54) is 30.9 Å². The third-order valence-corrected chi connectivity index (χ3v) is 6.00. The number of piperidine rings is 1. The zero-order valence-electron chi connectivity index (χ0n) is 18.8. The molecular formula is C25H31N5O2. The van der Waals surface area contributed by atoms with Crippen molar-refractivity contribution in [2.75, 3.05) is 32.1 Å². The molecule has 7 nitrogen and oxygen atoms in total. The highest BCUT2D eigenvalue weighted by molar-refractivity contribution is 5.56. The van der Waals surface area contributed by atoms with Crippen LogP contribution >= 0.6 is 0 Å². The molecule has 3 heterocycles. The molecule has 1 atom stereocenters. The van der Waals surface area contributed by atoms with Gasteiger partial charge in [-0.05, 0) is 62.2 Å². The maximum atomic E-state index is 11.9. The fourth-order valence-electron chi connectivity index (χ4n) is 4.18. The Balaban J connectivity index is 1.48. The molecule has 1 unspecified atom stereocenters. The minimum Gasteiger partial charge on any atom is -0.497 e. The van der Waals surface area contributed by atoms with Crippen LogP contribution in [0.25, 0.3) is 11.4 Å². The highest BCUT2D eigenvalue weighted by atomic mass is 16.5. The predicted octanol–water partition coefficient (Wildman–Crippen LogP) is 4.04. The van der Waals surface area contributed by atoms with Crippen molar-refractivity contribution in [2.45, 2.75) is 38.6 Å². The molecule has 1 aliphatic heterocycles. The van der Waals surface area contributed by atoms with E-state index >= 15 is 0 Å². The Labute approximate surface area is 188 Å². The summed E-state index contributed by atoms with van der Waals surface area (Å²) in [6.07, 6.45) is 6.25. The number of pyridine rings is 1. The minimum absolute atomic E-state index is 0.141. The van der Waals surface area contributed by atoms with Gasteiger partial charge in [0.15, 0.2) is 0 Å². The van der Waals surface area contributed by atoms with Gasteiger partial charge in [-0.2, -0.15) is 0 Å². The smallest absolute Gasteiger partial charge is 0.251 e. The second-order valence-corrected chi connectivity index (χ2v) is 8.14. The molecule has 0 bridgehead atoms. The average Bonchev–Trinajstić information content (AvgIpc) is 2.85. The van der Waals surface area contributed by atoms with E-state index in [0.717, 1.165) is 42.5 Å². The number of hydrogen-bond donors (Lipinski definition) is 2. The molecule has 3 aromatic rings. The molecule has 2 aromatic heterocycles. The van der Waals surface area contributed by atoms with Crippen molar-refractivity contribution < 1.29 is 4.74 Å². The quantitative estimate of drug-likeness (QED) is 0.558. The lowest BCUT2D eigenvalue weighted by Crippen LogP contribution is -2.37. The molecule has 4 rings (SSSR count). The molecule has 7 heteroatoms. The first kappa shape index (κ1) is 22.0. The Morgan fingerprint density at radius 1 is 1.12 bits per heavy atom. The summed E-state index contributed by atoms with van der Waals surface area (Å²) in [5.74, 6) is 2.23. The maximum Gasteiger partial charge on any atom is 0.251 e. The topological polar surface area (TPSA) is 83.1 Å². The lowest BCUT2D eigenvalue weighted by Gasteiger charge is -2.35. The van der Waals surface area contributed by atoms with Crippen molar-refractivity contribution in [3.63, 3.8) is 0 Å². The second-order valence-electron chi connectivity index (χ2n) is 8.14. The van der Waals surface area contributed by atoms with Crippen LogP contribution in [0.4, 0.5) is 5.82 Å². The van der Waals surface area contributed by atoms with Gasteiger partial charge in [0.25, 0.3) is 5.56 Å². The highest BCUT2D eigenvalue weighted by Crippen LogP contribution is 2.27. The van der Waals surface area contributed by atoms with Crippen molar-refractivity contribution in [3.8, 4) is 17.1 Å². The minimum atomic E-state index is -0.141. The van der Waals surface area contributed by atoms with Gasteiger partial charge in [-0.25, -0.2) is 9.97 Å². The highest BCUT2D eigenvalue weighted by Gasteiger charge is 2.22. The summed E-state index contributed by atoms with van der Waals surface area (Å²) in [4.78, 5) is 26.3. The van der Waals surface area contributed by atoms with Crippen molar-refractivity contribution in [1.82, 2.24) is 19.9 Å². The molecule has 0 amide bonds. The Morgan fingerprint density at radius 3 is 2.56 bits per heavy atom. The van der Waals surface area contributed by atoms with Crippen molar-refractivity contribution >= 4 is 5.82 Å². The van der Waals surface area contributed by atoms with Gasteiger partial charge in [-0.15, -0.1) is 0 Å². The number of rotatable bonds is 8. The number of nitrogens with one attached hydrogen (secondary N) is 2. The first-order valence-corrected chi connectivity index (χ1v) is 11.3. The number of aromatic nitrogens is 3. The summed E-state index contributed by atoms with van der Waals surface area (Å²) in [6, 6.07) is 14.0. The zero-order chi connectivity index (χ0) is 22.3. The first-order valence-electron chi connectivity index (χ1n) is 11.3. The van der Waals surface area contributed by atoms with Gasteiger partial charge in [-0.1, -0.05) is 25.5 Å². The molecule has 1 aromatic carbocycles. The molecule has 0 radical (unpaired) electrons. The van der Waals surface area contributed by atoms with Crippen LogP contribution < -0.4 is 15.6 Å². The molecular weight excluding hydrogens is 402 g/mol. The van der Waals surface area contributed by atoms with E-state index in [2.05, 4.69) is 37.3 Å². The van der Waals surface area contributed by atoms with Crippen LogP contribution in [0.15, 0.2) is 53.5 Å². The monoisotopic (exact) mass is 433 g/mol. The van der Waals surface area contributed by atoms with Gasteiger partial charge >= 0.3 is 0 Å². The number of nitrogens with zero attached hydrogens (tertiary/aromatic N) is 3. The van der Waals surface area contributed by atoms with E-state index < -0.39 is 0 Å². The van der Waals surface area contributed by atoms with Gasteiger partial charge in [0, 0.05) is 30.1 Å². The maximum absolute atomic E-state index is 11.9. The van der Waals surface area contributed by atoms with Crippen LogP contribution in [0.1, 0.15) is 43.5 Å². The molecule has 168 valence electrons. The largest absolute Gasteiger partial charge is 0.497 e. The van der Waals surface area contributed by atoms with E-state index in [0.29, 0.717) is 12.2 Å². The van der Waals surface area contributed by atoms with Gasteiger partial charge in [0.2, 0.25) is 0 Å². The van der Waals surface area contributed by atoms with Gasteiger partial charge in [0.05, 0.1) is 13.2 Å². The first-order chi connectivity index (χ1) is 15.7. The summed E-state index contributed by atoms with van der Waals surface area (Å²) in [5.41, 5.74) is 2.70. The lowest BCUT2D eigenvalue weighted by molar-refractivity contribution is 0.170. The fourth-order valence-corrected chi connectivity index (χ4v) is 4.18. The second kappa shape index (κ2) is 10.4. The Hall–Kier alpha value is -3.19. The molecule has 1 fully saturated rings. The van der Waals surface area contributed by atoms with Crippen LogP contribution in [0.3, 0.4) is 0 Å². The Morgan fingerprint density at radius 2 is 1.91 bits per heavy atom. The zero-order valence-corrected chi connectivity index (χ0v) is 18.8. The average molecular weight is 434 g/mol. The van der Waals surface area contributed by atoms with Crippen LogP contribution in [-0.4, -0.2) is 46.6 Å². The Kier molecular flexibility index (Phi) is 7.17. The van der Waals surface area contributed by atoms with Crippen LogP contribution in [0.2, 0.25) is 0 Å². The van der Waals surface area contributed by atoms with E-state index in [9.17, 15) is 4.79 Å². The van der Waals surface area contributed by atoms with Crippen LogP contribution in [0, 0.1) is 0 Å². The van der Waals surface area contributed by atoms with Gasteiger partial charge < -0.3 is 15.0 Å². The molecule has 32 heavy (non-hydrogen) atoms. The molecule has 0 aliphatic carbocycles. The predicted molar refractivity (Wildman–Crippen MR) is 127 cm³/mol. The summed E-state index contributed by atoms with van der Waals surface area (Å²) in [7, 11) is 1.69. The van der Waals surface area contributed by atoms with E-state index in [-0.39, 0.29) is 11.6 Å². The summed E-state index contributed by atoms with van der Waals surface area (Å²) >= 11 is 0. The van der Waals surface area contributed by atoms with Crippen molar-refractivity contribution in [3.05, 3.63) is 70.3 Å². The SMILES string of the molecule is CCc1cc(=O)[nH]c(-c2ccc(NCC(c3ccc(OC)cc3)N3CCCCC3)nc2)n1. The van der Waals surface area contributed by atoms with Crippen LogP contribution in [0.5, 0.6) is 5.75 Å². The van der Waals surface area contributed by atoms with Crippen LogP contribution in [-0.2, 0) is 6.42 Å². The Bertz CT molecular complexity index is 1060. The van der Waals surface area contributed by atoms with Crippen molar-refractivity contribution in [2.24, 2.45) is 0 Å². The molecule has 1 aliphatic rings. The normalized spacial score (nSPS) is 15.3. The van der Waals surface area contributed by atoms with E-state index in [1.54, 1.807) is 13.3 Å². The molecule has 2 N–H and O–H groups in total. The number of H-pyrrole nitrogens is 1. The number of benzene rings is 1. The fraction of sp³-hybridized carbons (Fsp3) is 0.400. The third-order valence-electron chi connectivity index (χ3n) is 6.00.